The topological polar surface area (TPSA) is 55.5 Å². The molecule has 2 rings (SSSR count). The van der Waals surface area contributed by atoms with Crippen molar-refractivity contribution < 1.29 is 9.84 Å². The summed E-state index contributed by atoms with van der Waals surface area (Å²) in [5.74, 6) is 0.819. The normalized spacial score (nSPS) is 12.6. The van der Waals surface area contributed by atoms with Crippen molar-refractivity contribution >= 4 is 10.8 Å². The minimum atomic E-state index is -0.113. The van der Waals surface area contributed by atoms with Crippen LogP contribution in [0.1, 0.15) is 24.4 Å². The number of hydrogen-bond donors (Lipinski definition) is 2. The molecule has 0 aromatic heterocycles. The molecular weight excluding hydrogens is 226 g/mol. The first kappa shape index (κ1) is 12.9. The Morgan fingerprint density at radius 2 is 2.00 bits per heavy atom. The molecule has 0 fully saturated rings. The molecule has 1 atom stereocenters. The summed E-state index contributed by atoms with van der Waals surface area (Å²) in [6, 6.07) is 12.0. The Kier molecular flexibility index (Phi) is 4.18. The van der Waals surface area contributed by atoms with Crippen molar-refractivity contribution in [2.75, 3.05) is 13.7 Å². The predicted molar refractivity (Wildman–Crippen MR) is 73.7 cm³/mol. The first-order valence-corrected chi connectivity index (χ1v) is 6.20. The van der Waals surface area contributed by atoms with Gasteiger partial charge in [-0.1, -0.05) is 30.3 Å². The molecule has 3 heteroatoms. The number of ether oxygens (including phenoxy) is 1. The van der Waals surface area contributed by atoms with E-state index >= 15 is 0 Å². The third-order valence-corrected chi connectivity index (χ3v) is 3.19. The van der Waals surface area contributed by atoms with Crippen LogP contribution in [0, 0.1) is 0 Å². The fourth-order valence-corrected chi connectivity index (χ4v) is 2.29. The molecule has 0 radical (unpaired) electrons. The highest BCUT2D eigenvalue weighted by Crippen LogP contribution is 2.33. The standard InChI is InChI=1S/C15H19NO2/c1-18-14-9-8-11-5-2-3-6-12(11)15(14)13(16)7-4-10-17/h2-3,5-6,8-9,13,17H,4,7,10,16H2,1H3/t13-/m0/s1. The van der Waals surface area contributed by atoms with E-state index in [1.807, 2.05) is 24.3 Å². The molecule has 2 aromatic rings. The number of hydrogen-bond acceptors (Lipinski definition) is 3. The molecule has 0 unspecified atom stereocenters. The summed E-state index contributed by atoms with van der Waals surface area (Å²) in [5.41, 5.74) is 7.26. The van der Waals surface area contributed by atoms with E-state index in [0.717, 1.165) is 28.5 Å². The first-order chi connectivity index (χ1) is 8.77. The zero-order valence-corrected chi connectivity index (χ0v) is 10.6. The highest BCUT2D eigenvalue weighted by molar-refractivity contribution is 5.88. The fourth-order valence-electron chi connectivity index (χ4n) is 2.29. The van der Waals surface area contributed by atoms with E-state index in [0.29, 0.717) is 6.42 Å². The minimum absolute atomic E-state index is 0.113. The van der Waals surface area contributed by atoms with E-state index in [-0.39, 0.29) is 12.6 Å². The first-order valence-electron chi connectivity index (χ1n) is 6.20. The van der Waals surface area contributed by atoms with Crippen LogP contribution in [-0.2, 0) is 0 Å². The van der Waals surface area contributed by atoms with Crippen LogP contribution >= 0.6 is 0 Å². The van der Waals surface area contributed by atoms with Gasteiger partial charge in [0.2, 0.25) is 0 Å². The molecule has 0 saturated heterocycles. The van der Waals surface area contributed by atoms with Gasteiger partial charge in [-0.3, -0.25) is 0 Å². The lowest BCUT2D eigenvalue weighted by atomic mass is 9.95. The molecule has 0 bridgehead atoms. The number of methoxy groups -OCH3 is 1. The number of nitrogens with two attached hydrogens (primary N) is 1. The smallest absolute Gasteiger partial charge is 0.124 e. The predicted octanol–water partition coefficient (Wildman–Crippen LogP) is 2.62. The van der Waals surface area contributed by atoms with Gasteiger partial charge in [0.1, 0.15) is 5.75 Å². The summed E-state index contributed by atoms with van der Waals surface area (Å²) in [5, 5.41) is 11.2. The lowest BCUT2D eigenvalue weighted by Crippen LogP contribution is -2.12. The molecule has 0 heterocycles. The van der Waals surface area contributed by atoms with Gasteiger partial charge in [0.05, 0.1) is 7.11 Å². The van der Waals surface area contributed by atoms with Gasteiger partial charge in [-0.05, 0) is 29.7 Å². The molecule has 18 heavy (non-hydrogen) atoms. The van der Waals surface area contributed by atoms with Crippen LogP contribution in [0.3, 0.4) is 0 Å². The average molecular weight is 245 g/mol. The van der Waals surface area contributed by atoms with Crippen molar-refractivity contribution in [1.29, 1.82) is 0 Å². The van der Waals surface area contributed by atoms with E-state index in [1.165, 1.54) is 0 Å². The van der Waals surface area contributed by atoms with Gasteiger partial charge in [0.25, 0.3) is 0 Å². The maximum absolute atomic E-state index is 8.92. The SMILES string of the molecule is COc1ccc2ccccc2c1[C@@H](N)CCCO. The Bertz CT molecular complexity index is 525. The van der Waals surface area contributed by atoms with Crippen LogP contribution in [0.15, 0.2) is 36.4 Å². The van der Waals surface area contributed by atoms with Crippen molar-refractivity contribution in [3.63, 3.8) is 0 Å². The summed E-state index contributed by atoms with van der Waals surface area (Å²) < 4.78 is 5.41. The lowest BCUT2D eigenvalue weighted by Gasteiger charge is -2.18. The van der Waals surface area contributed by atoms with Crippen molar-refractivity contribution in [1.82, 2.24) is 0 Å². The van der Waals surface area contributed by atoms with Crippen LogP contribution in [0.25, 0.3) is 10.8 Å². The molecular formula is C15H19NO2. The number of fused-ring (bicyclic) bond motifs is 1. The Morgan fingerprint density at radius 1 is 1.22 bits per heavy atom. The van der Waals surface area contributed by atoms with Crippen molar-refractivity contribution in [3.05, 3.63) is 42.0 Å². The van der Waals surface area contributed by atoms with Gasteiger partial charge in [-0.15, -0.1) is 0 Å². The van der Waals surface area contributed by atoms with Crippen LogP contribution < -0.4 is 10.5 Å². The summed E-state index contributed by atoms with van der Waals surface area (Å²) in [4.78, 5) is 0. The Balaban J connectivity index is 2.50. The second kappa shape index (κ2) is 5.85. The van der Waals surface area contributed by atoms with E-state index < -0.39 is 0 Å². The van der Waals surface area contributed by atoms with Gasteiger partial charge in [0.15, 0.2) is 0 Å². The molecule has 2 aromatic carbocycles. The Morgan fingerprint density at radius 3 is 2.72 bits per heavy atom. The number of aliphatic hydroxyl groups excluding tert-OH is 1. The molecule has 0 saturated carbocycles. The largest absolute Gasteiger partial charge is 0.496 e. The fraction of sp³-hybridized carbons (Fsp3) is 0.333. The van der Waals surface area contributed by atoms with Crippen molar-refractivity contribution in [2.45, 2.75) is 18.9 Å². The highest BCUT2D eigenvalue weighted by Gasteiger charge is 2.15. The average Bonchev–Trinajstić information content (AvgIpc) is 2.43. The number of benzene rings is 2. The van der Waals surface area contributed by atoms with E-state index in [9.17, 15) is 0 Å². The summed E-state index contributed by atoms with van der Waals surface area (Å²) >= 11 is 0. The lowest BCUT2D eigenvalue weighted by molar-refractivity contribution is 0.279. The molecule has 0 aliphatic heterocycles. The van der Waals surface area contributed by atoms with Crippen molar-refractivity contribution in [3.8, 4) is 5.75 Å². The Hall–Kier alpha value is -1.58. The molecule has 0 amide bonds. The molecule has 0 spiro atoms. The van der Waals surface area contributed by atoms with Crippen LogP contribution in [0.4, 0.5) is 0 Å². The maximum Gasteiger partial charge on any atom is 0.124 e. The molecule has 0 aliphatic carbocycles. The third kappa shape index (κ3) is 2.47. The van der Waals surface area contributed by atoms with Gasteiger partial charge in [-0.25, -0.2) is 0 Å². The highest BCUT2D eigenvalue weighted by atomic mass is 16.5. The molecule has 3 N–H and O–H groups in total. The second-order valence-corrected chi connectivity index (χ2v) is 4.37. The Labute approximate surface area is 107 Å². The monoisotopic (exact) mass is 245 g/mol. The van der Waals surface area contributed by atoms with E-state index in [4.69, 9.17) is 15.6 Å². The van der Waals surface area contributed by atoms with Crippen LogP contribution in [-0.4, -0.2) is 18.8 Å². The summed E-state index contributed by atoms with van der Waals surface area (Å²) in [6.45, 7) is 0.167. The summed E-state index contributed by atoms with van der Waals surface area (Å²) in [6.07, 6.45) is 1.45. The van der Waals surface area contributed by atoms with Crippen molar-refractivity contribution in [2.24, 2.45) is 5.73 Å². The second-order valence-electron chi connectivity index (χ2n) is 4.37. The quantitative estimate of drug-likeness (QED) is 0.851. The summed E-state index contributed by atoms with van der Waals surface area (Å²) in [7, 11) is 1.66. The van der Waals surface area contributed by atoms with Gasteiger partial charge in [0, 0.05) is 18.2 Å². The number of aliphatic hydroxyl groups is 1. The van der Waals surface area contributed by atoms with Gasteiger partial charge < -0.3 is 15.6 Å². The van der Waals surface area contributed by atoms with E-state index in [1.54, 1.807) is 7.11 Å². The molecule has 96 valence electrons. The molecule has 3 nitrogen and oxygen atoms in total. The zero-order chi connectivity index (χ0) is 13.0. The van der Waals surface area contributed by atoms with Gasteiger partial charge >= 0.3 is 0 Å². The van der Waals surface area contributed by atoms with Crippen LogP contribution in [0.5, 0.6) is 5.75 Å². The van der Waals surface area contributed by atoms with Gasteiger partial charge in [-0.2, -0.15) is 0 Å². The van der Waals surface area contributed by atoms with E-state index in [2.05, 4.69) is 12.1 Å². The van der Waals surface area contributed by atoms with Crippen LogP contribution in [0.2, 0.25) is 0 Å². The zero-order valence-electron chi connectivity index (χ0n) is 10.6. The third-order valence-electron chi connectivity index (χ3n) is 3.19. The molecule has 0 aliphatic rings. The maximum atomic E-state index is 8.92. The number of rotatable bonds is 5. The minimum Gasteiger partial charge on any atom is -0.496 e.